The van der Waals surface area contributed by atoms with Gasteiger partial charge in [-0.1, -0.05) is 30.3 Å². The molecule has 0 radical (unpaired) electrons. The summed E-state index contributed by atoms with van der Waals surface area (Å²) in [6.07, 6.45) is 0.400. The van der Waals surface area contributed by atoms with E-state index in [-0.39, 0.29) is 5.91 Å². The fraction of sp³-hybridized carbons (Fsp3) is 0.529. The Hall–Kier alpha value is -1.88. The summed E-state index contributed by atoms with van der Waals surface area (Å²) in [7, 11) is 2.12. The maximum Gasteiger partial charge on any atom is 0.318 e. The van der Waals surface area contributed by atoms with E-state index in [1.165, 1.54) is 4.90 Å². The molecular formula is C17H25N2O3+. The van der Waals surface area contributed by atoms with Gasteiger partial charge in [0.15, 0.2) is 0 Å². The Balaban J connectivity index is 2.09. The summed E-state index contributed by atoms with van der Waals surface area (Å²) in [4.78, 5) is 28.2. The molecule has 1 heterocycles. The Labute approximate surface area is 131 Å². The summed E-state index contributed by atoms with van der Waals surface area (Å²) in [5.41, 5.74) is 0.980. The van der Waals surface area contributed by atoms with Gasteiger partial charge in [0.05, 0.1) is 39.8 Å². The minimum atomic E-state index is -0.735. The number of piperazine rings is 1. The zero-order valence-corrected chi connectivity index (χ0v) is 13.4. The Morgan fingerprint density at radius 2 is 1.86 bits per heavy atom. The molecule has 1 N–H and O–H groups in total. The Kier molecular flexibility index (Phi) is 5.95. The van der Waals surface area contributed by atoms with Crippen molar-refractivity contribution in [2.75, 3.05) is 39.8 Å². The van der Waals surface area contributed by atoms with Crippen molar-refractivity contribution in [3.05, 3.63) is 35.9 Å². The first-order valence-electron chi connectivity index (χ1n) is 7.92. The molecule has 2 rings (SSSR count). The minimum absolute atomic E-state index is 0.102. The van der Waals surface area contributed by atoms with E-state index in [1.54, 1.807) is 11.8 Å². The fourth-order valence-corrected chi connectivity index (χ4v) is 2.69. The van der Waals surface area contributed by atoms with Crippen molar-refractivity contribution in [3.63, 3.8) is 0 Å². The predicted octanol–water partition coefficient (Wildman–Crippen LogP) is -0.235. The quantitative estimate of drug-likeness (QED) is 0.604. The Bertz CT molecular complexity index is 496. The minimum Gasteiger partial charge on any atom is -0.465 e. The van der Waals surface area contributed by atoms with Gasteiger partial charge < -0.3 is 14.5 Å². The van der Waals surface area contributed by atoms with Crippen LogP contribution in [0.3, 0.4) is 0 Å². The van der Waals surface area contributed by atoms with E-state index in [1.807, 2.05) is 30.3 Å². The monoisotopic (exact) mass is 305 g/mol. The average Bonchev–Trinajstić information content (AvgIpc) is 2.54. The number of nitrogens with zero attached hydrogens (tertiary/aromatic N) is 1. The van der Waals surface area contributed by atoms with Gasteiger partial charge in [0.1, 0.15) is 5.92 Å². The molecular weight excluding hydrogens is 280 g/mol. The third-order valence-electron chi connectivity index (χ3n) is 4.08. The molecule has 1 fully saturated rings. The molecule has 0 aromatic heterocycles. The second-order valence-corrected chi connectivity index (χ2v) is 5.78. The number of rotatable bonds is 5. The van der Waals surface area contributed by atoms with Gasteiger partial charge in [-0.25, -0.2) is 0 Å². The second-order valence-electron chi connectivity index (χ2n) is 5.78. The van der Waals surface area contributed by atoms with Crippen LogP contribution in [0.2, 0.25) is 0 Å². The first-order chi connectivity index (χ1) is 10.6. The molecule has 0 bridgehead atoms. The SMILES string of the molecule is CCOC(=O)[C@@H](Cc1ccccc1)C(=O)N1CC[NH+](C)CC1. The van der Waals surface area contributed by atoms with E-state index in [2.05, 4.69) is 7.05 Å². The van der Waals surface area contributed by atoms with Crippen LogP contribution in [0.4, 0.5) is 0 Å². The van der Waals surface area contributed by atoms with Crippen molar-refractivity contribution in [1.29, 1.82) is 0 Å². The lowest BCUT2D eigenvalue weighted by molar-refractivity contribution is -0.883. The van der Waals surface area contributed by atoms with Gasteiger partial charge in [0, 0.05) is 0 Å². The van der Waals surface area contributed by atoms with Crippen LogP contribution in [0.1, 0.15) is 12.5 Å². The molecule has 5 nitrogen and oxygen atoms in total. The Morgan fingerprint density at radius 3 is 2.45 bits per heavy atom. The van der Waals surface area contributed by atoms with Crippen LogP contribution in [0.25, 0.3) is 0 Å². The zero-order valence-electron chi connectivity index (χ0n) is 13.4. The summed E-state index contributed by atoms with van der Waals surface area (Å²) < 4.78 is 5.12. The van der Waals surface area contributed by atoms with E-state index in [0.29, 0.717) is 26.1 Å². The summed E-state index contributed by atoms with van der Waals surface area (Å²) in [5, 5.41) is 0. The molecule has 1 amide bonds. The van der Waals surface area contributed by atoms with Crippen molar-refractivity contribution in [1.82, 2.24) is 4.90 Å². The molecule has 0 aliphatic carbocycles. The first kappa shape index (κ1) is 16.5. The molecule has 1 aromatic rings. The standard InChI is InChI=1S/C17H24N2O3/c1-3-22-17(21)15(13-14-7-5-4-6-8-14)16(20)19-11-9-18(2)10-12-19/h4-8,15H,3,9-13H2,1-2H3/p+1/t15-/m0/s1. The van der Waals surface area contributed by atoms with Crippen LogP contribution in [0.5, 0.6) is 0 Å². The normalized spacial score (nSPS) is 17.1. The van der Waals surface area contributed by atoms with Gasteiger partial charge in [-0.3, -0.25) is 9.59 Å². The topological polar surface area (TPSA) is 51.1 Å². The van der Waals surface area contributed by atoms with Crippen molar-refractivity contribution in [3.8, 4) is 0 Å². The van der Waals surface area contributed by atoms with Gasteiger partial charge in [0.25, 0.3) is 0 Å². The van der Waals surface area contributed by atoms with Gasteiger partial charge in [0.2, 0.25) is 5.91 Å². The van der Waals surface area contributed by atoms with Crippen molar-refractivity contribution in [2.45, 2.75) is 13.3 Å². The van der Waals surface area contributed by atoms with E-state index in [4.69, 9.17) is 4.74 Å². The number of benzene rings is 1. The summed E-state index contributed by atoms with van der Waals surface area (Å²) in [5.74, 6) is -1.25. The number of hydrogen-bond donors (Lipinski definition) is 1. The number of carbonyl (C=O) groups is 2. The number of quaternary nitrogens is 1. The lowest BCUT2D eigenvalue weighted by Crippen LogP contribution is -3.12. The largest absolute Gasteiger partial charge is 0.465 e. The number of carbonyl (C=O) groups excluding carboxylic acids is 2. The van der Waals surface area contributed by atoms with Gasteiger partial charge >= 0.3 is 5.97 Å². The average molecular weight is 305 g/mol. The molecule has 1 atom stereocenters. The summed E-state index contributed by atoms with van der Waals surface area (Å²) >= 11 is 0. The highest BCUT2D eigenvalue weighted by atomic mass is 16.5. The lowest BCUT2D eigenvalue weighted by Gasteiger charge is -2.32. The molecule has 1 aliphatic heterocycles. The Morgan fingerprint density at radius 1 is 1.23 bits per heavy atom. The van der Waals surface area contributed by atoms with Gasteiger partial charge in [-0.05, 0) is 18.9 Å². The summed E-state index contributed by atoms with van der Waals surface area (Å²) in [6.45, 7) is 5.31. The van der Waals surface area contributed by atoms with E-state index in [9.17, 15) is 9.59 Å². The highest BCUT2D eigenvalue weighted by Crippen LogP contribution is 2.14. The number of hydrogen-bond acceptors (Lipinski definition) is 3. The number of ether oxygens (including phenoxy) is 1. The van der Waals surface area contributed by atoms with Gasteiger partial charge in [-0.15, -0.1) is 0 Å². The van der Waals surface area contributed by atoms with Crippen LogP contribution >= 0.6 is 0 Å². The lowest BCUT2D eigenvalue weighted by atomic mass is 9.97. The third kappa shape index (κ3) is 4.31. The molecule has 22 heavy (non-hydrogen) atoms. The maximum absolute atomic E-state index is 12.7. The highest BCUT2D eigenvalue weighted by molar-refractivity contribution is 5.98. The number of nitrogens with one attached hydrogen (secondary N) is 1. The van der Waals surface area contributed by atoms with Crippen molar-refractivity contribution < 1.29 is 19.2 Å². The fourth-order valence-electron chi connectivity index (χ4n) is 2.69. The smallest absolute Gasteiger partial charge is 0.318 e. The van der Waals surface area contributed by atoms with Gasteiger partial charge in [-0.2, -0.15) is 0 Å². The van der Waals surface area contributed by atoms with E-state index < -0.39 is 11.9 Å². The molecule has 5 heteroatoms. The first-order valence-corrected chi connectivity index (χ1v) is 7.92. The molecule has 0 unspecified atom stereocenters. The maximum atomic E-state index is 12.7. The van der Waals surface area contributed by atoms with Crippen LogP contribution < -0.4 is 4.90 Å². The van der Waals surface area contributed by atoms with Crippen molar-refractivity contribution in [2.24, 2.45) is 5.92 Å². The molecule has 0 spiro atoms. The number of amides is 1. The van der Waals surface area contributed by atoms with E-state index in [0.717, 1.165) is 18.7 Å². The number of likely N-dealkylation sites (N-methyl/N-ethyl adjacent to an activating group) is 1. The highest BCUT2D eigenvalue weighted by Gasteiger charge is 2.33. The molecule has 120 valence electrons. The third-order valence-corrected chi connectivity index (χ3v) is 4.08. The zero-order chi connectivity index (χ0) is 15.9. The molecule has 1 saturated heterocycles. The predicted molar refractivity (Wildman–Crippen MR) is 83.5 cm³/mol. The molecule has 1 aliphatic rings. The molecule has 1 aromatic carbocycles. The van der Waals surface area contributed by atoms with Crippen molar-refractivity contribution >= 4 is 11.9 Å². The molecule has 0 saturated carbocycles. The second kappa shape index (κ2) is 7.94. The van der Waals surface area contributed by atoms with Crippen LogP contribution in [0.15, 0.2) is 30.3 Å². The van der Waals surface area contributed by atoms with E-state index >= 15 is 0 Å². The van der Waals surface area contributed by atoms with Crippen LogP contribution in [-0.2, 0) is 20.7 Å². The van der Waals surface area contributed by atoms with Crippen LogP contribution in [-0.4, -0.2) is 56.6 Å². The summed E-state index contributed by atoms with van der Waals surface area (Å²) in [6, 6.07) is 9.64. The number of esters is 1. The van der Waals surface area contributed by atoms with Crippen LogP contribution in [0, 0.1) is 5.92 Å².